The van der Waals surface area contributed by atoms with Crippen LogP contribution in [-0.2, 0) is 0 Å². The Balaban J connectivity index is 2.06. The van der Waals surface area contributed by atoms with Gasteiger partial charge in [-0.1, -0.05) is 35.3 Å². The third-order valence-electron chi connectivity index (χ3n) is 2.55. The van der Waals surface area contributed by atoms with Crippen LogP contribution in [0.15, 0.2) is 59.2 Å². The minimum atomic E-state index is -0.150. The van der Waals surface area contributed by atoms with Gasteiger partial charge >= 0.3 is 0 Å². The topological polar surface area (TPSA) is 29.1 Å². The summed E-state index contributed by atoms with van der Waals surface area (Å²) in [7, 11) is 0. The molecule has 2 rings (SSSR count). The molecule has 0 aliphatic heterocycles. The van der Waals surface area contributed by atoms with Crippen LogP contribution in [0.1, 0.15) is 10.4 Å². The first kappa shape index (κ1) is 15.1. The molecule has 5 heteroatoms. The average Bonchev–Trinajstić information content (AvgIpc) is 2.44. The van der Waals surface area contributed by atoms with Gasteiger partial charge in [-0.2, -0.15) is 0 Å². The van der Waals surface area contributed by atoms with E-state index in [1.165, 1.54) is 6.08 Å². The van der Waals surface area contributed by atoms with Gasteiger partial charge in [-0.25, -0.2) is 0 Å². The van der Waals surface area contributed by atoms with Gasteiger partial charge in [0.2, 0.25) is 0 Å². The molecule has 0 aliphatic carbocycles. The van der Waals surface area contributed by atoms with Crippen molar-refractivity contribution in [3.63, 3.8) is 0 Å². The third-order valence-corrected chi connectivity index (χ3v) is 3.98. The van der Waals surface area contributed by atoms with Crippen molar-refractivity contribution in [3.05, 3.63) is 74.8 Å². The van der Waals surface area contributed by atoms with Gasteiger partial charge in [-0.3, -0.25) is 4.79 Å². The first-order valence-electron chi connectivity index (χ1n) is 5.75. The Kier molecular flexibility index (Phi) is 5.24. The van der Waals surface area contributed by atoms with Crippen LogP contribution in [0.2, 0.25) is 10.0 Å². The highest BCUT2D eigenvalue weighted by atomic mass is 79.9. The summed E-state index contributed by atoms with van der Waals surface area (Å²) < 4.78 is 0.923. The van der Waals surface area contributed by atoms with Crippen molar-refractivity contribution in [1.29, 1.82) is 0 Å². The molecular weight excluding hydrogens is 361 g/mol. The number of para-hydroxylation sites is 1. The maximum absolute atomic E-state index is 11.9. The van der Waals surface area contributed by atoms with E-state index in [2.05, 4.69) is 21.2 Å². The second kappa shape index (κ2) is 6.93. The molecule has 0 unspecified atom stereocenters. The smallest absolute Gasteiger partial charge is 0.187 e. The number of anilines is 1. The fourth-order valence-corrected chi connectivity index (χ4v) is 2.23. The molecule has 0 heterocycles. The minimum absolute atomic E-state index is 0.150. The van der Waals surface area contributed by atoms with Crippen molar-refractivity contribution in [1.82, 2.24) is 0 Å². The normalized spacial score (nSPS) is 10.8. The van der Waals surface area contributed by atoms with E-state index >= 15 is 0 Å². The molecule has 0 saturated carbocycles. The second-order valence-corrected chi connectivity index (χ2v) is 5.62. The van der Waals surface area contributed by atoms with Gasteiger partial charge in [-0.05, 0) is 46.3 Å². The first-order valence-corrected chi connectivity index (χ1v) is 7.30. The molecule has 0 bridgehead atoms. The number of hydrogen-bond donors (Lipinski definition) is 1. The Morgan fingerprint density at radius 2 is 1.85 bits per heavy atom. The van der Waals surface area contributed by atoms with E-state index in [1.807, 2.05) is 24.3 Å². The summed E-state index contributed by atoms with van der Waals surface area (Å²) in [6.07, 6.45) is 3.03. The van der Waals surface area contributed by atoms with Crippen molar-refractivity contribution in [2.24, 2.45) is 0 Å². The number of ketones is 1. The van der Waals surface area contributed by atoms with E-state index in [-0.39, 0.29) is 5.78 Å². The summed E-state index contributed by atoms with van der Waals surface area (Å²) in [4.78, 5) is 11.9. The van der Waals surface area contributed by atoms with Gasteiger partial charge in [-0.15, -0.1) is 0 Å². The predicted octanol–water partition coefficient (Wildman–Crippen LogP) is 5.56. The fourth-order valence-electron chi connectivity index (χ4n) is 1.53. The highest BCUT2D eigenvalue weighted by Gasteiger charge is 2.05. The Morgan fingerprint density at radius 1 is 1.10 bits per heavy atom. The molecule has 102 valence electrons. The quantitative estimate of drug-likeness (QED) is 0.563. The van der Waals surface area contributed by atoms with Crippen molar-refractivity contribution in [2.75, 3.05) is 5.32 Å². The zero-order valence-corrected chi connectivity index (χ0v) is 13.3. The lowest BCUT2D eigenvalue weighted by Crippen LogP contribution is -1.96. The van der Waals surface area contributed by atoms with Crippen molar-refractivity contribution in [3.8, 4) is 0 Å². The maximum Gasteiger partial charge on any atom is 0.187 e. The number of halogens is 3. The third kappa shape index (κ3) is 3.85. The Bertz CT molecular complexity index is 671. The van der Waals surface area contributed by atoms with Crippen LogP contribution in [0.25, 0.3) is 0 Å². The van der Waals surface area contributed by atoms with E-state index in [4.69, 9.17) is 23.2 Å². The van der Waals surface area contributed by atoms with Gasteiger partial charge in [0.1, 0.15) is 0 Å². The van der Waals surface area contributed by atoms with E-state index < -0.39 is 0 Å². The number of nitrogens with one attached hydrogen (secondary N) is 1. The lowest BCUT2D eigenvalue weighted by molar-refractivity contribution is 0.104. The molecule has 2 aromatic rings. The fraction of sp³-hybridized carbons (Fsp3) is 0. The lowest BCUT2D eigenvalue weighted by atomic mass is 10.1. The van der Waals surface area contributed by atoms with Crippen LogP contribution in [0.3, 0.4) is 0 Å². The first-order chi connectivity index (χ1) is 9.58. The molecule has 0 spiro atoms. The number of hydrogen-bond acceptors (Lipinski definition) is 2. The molecule has 0 aromatic heterocycles. The molecule has 2 nitrogen and oxygen atoms in total. The second-order valence-electron chi connectivity index (χ2n) is 3.95. The van der Waals surface area contributed by atoms with Crippen molar-refractivity contribution in [2.45, 2.75) is 0 Å². The molecule has 1 N–H and O–H groups in total. The highest BCUT2D eigenvalue weighted by Crippen LogP contribution is 2.23. The monoisotopic (exact) mass is 369 g/mol. The average molecular weight is 371 g/mol. The summed E-state index contributed by atoms with van der Waals surface area (Å²) >= 11 is 15.1. The summed E-state index contributed by atoms with van der Waals surface area (Å²) in [6, 6.07) is 12.4. The molecule has 0 fully saturated rings. The summed E-state index contributed by atoms with van der Waals surface area (Å²) in [5.74, 6) is -0.150. The number of carbonyl (C=O) groups is 1. The van der Waals surface area contributed by atoms with Crippen LogP contribution in [0.4, 0.5) is 5.69 Å². The molecule has 0 saturated heterocycles. The zero-order valence-electron chi connectivity index (χ0n) is 10.2. The van der Waals surface area contributed by atoms with E-state index in [9.17, 15) is 4.79 Å². The van der Waals surface area contributed by atoms with Gasteiger partial charge < -0.3 is 5.32 Å². The summed E-state index contributed by atoms with van der Waals surface area (Å²) in [5, 5.41) is 3.83. The van der Waals surface area contributed by atoms with Crippen molar-refractivity contribution < 1.29 is 4.79 Å². The predicted molar refractivity (Wildman–Crippen MR) is 87.7 cm³/mol. The molecule has 0 radical (unpaired) electrons. The molecule has 0 aliphatic rings. The zero-order chi connectivity index (χ0) is 14.5. The van der Waals surface area contributed by atoms with E-state index in [0.717, 1.165) is 10.2 Å². The summed E-state index contributed by atoms with van der Waals surface area (Å²) in [6.45, 7) is 0. The molecule has 20 heavy (non-hydrogen) atoms. The van der Waals surface area contributed by atoms with Gasteiger partial charge in [0.05, 0.1) is 15.7 Å². The highest BCUT2D eigenvalue weighted by molar-refractivity contribution is 9.10. The molecule has 0 atom stereocenters. The van der Waals surface area contributed by atoms with E-state index in [0.29, 0.717) is 15.6 Å². The number of benzene rings is 2. The number of allylic oxidation sites excluding steroid dienone is 1. The largest absolute Gasteiger partial charge is 0.361 e. The molecule has 2 aromatic carbocycles. The Hall–Kier alpha value is -1.29. The number of rotatable bonds is 4. The van der Waals surface area contributed by atoms with Crippen LogP contribution >= 0.6 is 39.1 Å². The minimum Gasteiger partial charge on any atom is -0.361 e. The van der Waals surface area contributed by atoms with Crippen LogP contribution < -0.4 is 5.32 Å². The Morgan fingerprint density at radius 3 is 2.55 bits per heavy atom. The van der Waals surface area contributed by atoms with Crippen LogP contribution in [0, 0.1) is 0 Å². The van der Waals surface area contributed by atoms with Crippen molar-refractivity contribution >= 4 is 50.6 Å². The van der Waals surface area contributed by atoms with Crippen LogP contribution in [-0.4, -0.2) is 5.78 Å². The SMILES string of the molecule is O=C(/C=C\Nc1ccccc1Br)c1ccc(Cl)c(Cl)c1. The van der Waals surface area contributed by atoms with Gasteiger partial charge in [0.25, 0.3) is 0 Å². The van der Waals surface area contributed by atoms with Gasteiger partial charge in [0, 0.05) is 22.3 Å². The van der Waals surface area contributed by atoms with Crippen LogP contribution in [0.5, 0.6) is 0 Å². The molecular formula is C15H10BrCl2NO. The molecule has 0 amide bonds. The number of carbonyl (C=O) groups excluding carboxylic acids is 1. The standard InChI is InChI=1S/C15H10BrCl2NO/c16-11-3-1-2-4-14(11)19-8-7-15(20)10-5-6-12(17)13(18)9-10/h1-9,19H/b8-7-. The maximum atomic E-state index is 11.9. The van der Waals surface area contributed by atoms with E-state index in [1.54, 1.807) is 24.4 Å². The van der Waals surface area contributed by atoms with Gasteiger partial charge in [0.15, 0.2) is 5.78 Å². The summed E-state index contributed by atoms with van der Waals surface area (Å²) in [5.41, 5.74) is 1.37. The Labute approximate surface area is 135 Å². The lowest BCUT2D eigenvalue weighted by Gasteiger charge is -2.03.